The molecule has 0 radical (unpaired) electrons. The monoisotopic (exact) mass is 222 g/mol. The maximum absolute atomic E-state index is 12.2. The molecule has 4 nitrogen and oxygen atoms in total. The molecule has 2 rings (SSSR count). The molecule has 1 fully saturated rings. The lowest BCUT2D eigenvalue weighted by molar-refractivity contribution is 0.0179. The Bertz CT molecular complexity index is 354. The molecule has 16 heavy (non-hydrogen) atoms. The van der Waals surface area contributed by atoms with Gasteiger partial charge in [-0.25, -0.2) is 0 Å². The number of nitrogens with zero attached hydrogens (tertiary/aromatic N) is 2. The van der Waals surface area contributed by atoms with Crippen molar-refractivity contribution < 1.29 is 9.53 Å². The second-order valence-electron chi connectivity index (χ2n) is 4.16. The van der Waals surface area contributed by atoms with E-state index >= 15 is 0 Å². The molecule has 0 bridgehead atoms. The first-order valence-electron chi connectivity index (χ1n) is 6.00. The highest BCUT2D eigenvalue weighted by molar-refractivity contribution is 5.98. The zero-order chi connectivity index (χ0) is 11.4. The fourth-order valence-electron chi connectivity index (χ4n) is 2.04. The smallest absolute Gasteiger partial charge is 0.209 e. The van der Waals surface area contributed by atoms with E-state index in [9.17, 15) is 4.79 Å². The summed E-state index contributed by atoms with van der Waals surface area (Å²) in [6.07, 6.45) is 5.41. The van der Waals surface area contributed by atoms with Crippen molar-refractivity contribution in [1.29, 1.82) is 0 Å². The Labute approximate surface area is 95.6 Å². The minimum atomic E-state index is -0.249. The van der Waals surface area contributed by atoms with Crippen LogP contribution in [0.15, 0.2) is 12.3 Å². The van der Waals surface area contributed by atoms with Gasteiger partial charge in [-0.15, -0.1) is 0 Å². The van der Waals surface area contributed by atoms with Crippen LogP contribution < -0.4 is 0 Å². The third-order valence-corrected chi connectivity index (χ3v) is 2.88. The number of hydrogen-bond donors (Lipinski definition) is 0. The van der Waals surface area contributed by atoms with Crippen molar-refractivity contribution in [2.75, 3.05) is 6.61 Å². The van der Waals surface area contributed by atoms with Gasteiger partial charge >= 0.3 is 0 Å². The van der Waals surface area contributed by atoms with Crippen LogP contribution in [0.25, 0.3) is 0 Å². The van der Waals surface area contributed by atoms with Gasteiger partial charge in [0.05, 0.1) is 0 Å². The van der Waals surface area contributed by atoms with Crippen molar-refractivity contribution in [3.63, 3.8) is 0 Å². The molecule has 0 saturated carbocycles. The Morgan fingerprint density at radius 2 is 2.50 bits per heavy atom. The van der Waals surface area contributed by atoms with Gasteiger partial charge in [0.1, 0.15) is 11.8 Å². The van der Waals surface area contributed by atoms with Gasteiger partial charge in [-0.05, 0) is 31.7 Å². The van der Waals surface area contributed by atoms with Crippen molar-refractivity contribution in [3.05, 3.63) is 18.0 Å². The molecule has 0 N–H and O–H groups in total. The zero-order valence-electron chi connectivity index (χ0n) is 9.69. The van der Waals surface area contributed by atoms with Crippen LogP contribution in [0.4, 0.5) is 0 Å². The van der Waals surface area contributed by atoms with Crippen LogP contribution in [0.3, 0.4) is 0 Å². The van der Waals surface area contributed by atoms with Gasteiger partial charge in [0.25, 0.3) is 0 Å². The van der Waals surface area contributed by atoms with Gasteiger partial charge in [0.15, 0.2) is 0 Å². The second-order valence-corrected chi connectivity index (χ2v) is 4.16. The molecule has 0 aliphatic carbocycles. The first-order chi connectivity index (χ1) is 7.83. The molecule has 0 spiro atoms. The van der Waals surface area contributed by atoms with Crippen LogP contribution in [0.5, 0.6) is 0 Å². The van der Waals surface area contributed by atoms with E-state index < -0.39 is 0 Å². The fourth-order valence-corrected chi connectivity index (χ4v) is 2.04. The summed E-state index contributed by atoms with van der Waals surface area (Å²) in [6, 6.07) is 1.79. The minimum Gasteiger partial charge on any atom is -0.370 e. The van der Waals surface area contributed by atoms with E-state index in [-0.39, 0.29) is 11.9 Å². The van der Waals surface area contributed by atoms with Crippen molar-refractivity contribution in [1.82, 2.24) is 9.78 Å². The molecule has 1 aromatic heterocycles. The molecule has 4 heteroatoms. The maximum atomic E-state index is 12.2. The highest BCUT2D eigenvalue weighted by Gasteiger charge is 2.25. The Balaban J connectivity index is 2.09. The molecule has 0 aromatic carbocycles. The number of carbonyl (C=O) groups is 1. The van der Waals surface area contributed by atoms with Crippen molar-refractivity contribution >= 4 is 5.78 Å². The van der Waals surface area contributed by atoms with Gasteiger partial charge in [-0.2, -0.15) is 5.10 Å². The van der Waals surface area contributed by atoms with E-state index in [1.54, 1.807) is 16.9 Å². The number of hydrogen-bond acceptors (Lipinski definition) is 3. The van der Waals surface area contributed by atoms with Crippen LogP contribution in [0.1, 0.15) is 43.1 Å². The first kappa shape index (κ1) is 11.3. The number of ether oxygens (including phenoxy) is 1. The predicted octanol–water partition coefficient (Wildman–Crippen LogP) is 2.04. The molecule has 0 amide bonds. The van der Waals surface area contributed by atoms with Crippen LogP contribution in [-0.4, -0.2) is 28.3 Å². The minimum absolute atomic E-state index is 0.0886. The number of rotatable bonds is 4. The number of carbonyl (C=O) groups excluding carboxylic acids is 1. The summed E-state index contributed by atoms with van der Waals surface area (Å²) in [4.78, 5) is 12.2. The fraction of sp³-hybridized carbons (Fsp3) is 0.667. The summed E-state index contributed by atoms with van der Waals surface area (Å²) in [7, 11) is 0. The lowest BCUT2D eigenvalue weighted by atomic mass is 10.0. The van der Waals surface area contributed by atoms with Crippen LogP contribution in [-0.2, 0) is 11.3 Å². The van der Waals surface area contributed by atoms with Gasteiger partial charge in [0, 0.05) is 19.3 Å². The third kappa shape index (κ3) is 2.32. The number of ketones is 1. The summed E-state index contributed by atoms with van der Waals surface area (Å²) in [5.41, 5.74) is 0.689. The van der Waals surface area contributed by atoms with Crippen molar-refractivity contribution in [3.8, 4) is 0 Å². The normalized spacial score (nSPS) is 20.9. The van der Waals surface area contributed by atoms with Gasteiger partial charge < -0.3 is 4.74 Å². The molecule has 88 valence electrons. The van der Waals surface area contributed by atoms with E-state index in [1.807, 2.05) is 0 Å². The quantitative estimate of drug-likeness (QED) is 0.732. The van der Waals surface area contributed by atoms with E-state index in [4.69, 9.17) is 4.74 Å². The molecule has 1 aliphatic heterocycles. The van der Waals surface area contributed by atoms with Gasteiger partial charge in [-0.3, -0.25) is 9.48 Å². The molecule has 1 atom stereocenters. The van der Waals surface area contributed by atoms with Crippen LogP contribution >= 0.6 is 0 Å². The van der Waals surface area contributed by atoms with Crippen LogP contribution in [0.2, 0.25) is 0 Å². The molecule has 1 saturated heterocycles. The zero-order valence-corrected chi connectivity index (χ0v) is 9.69. The molecular formula is C12H18N2O2. The van der Waals surface area contributed by atoms with E-state index in [2.05, 4.69) is 12.0 Å². The predicted molar refractivity (Wildman–Crippen MR) is 60.4 cm³/mol. The Morgan fingerprint density at radius 3 is 3.19 bits per heavy atom. The van der Waals surface area contributed by atoms with Crippen molar-refractivity contribution in [2.45, 2.75) is 45.3 Å². The van der Waals surface area contributed by atoms with Gasteiger partial charge in [-0.1, -0.05) is 6.92 Å². The van der Waals surface area contributed by atoms with E-state index in [1.165, 1.54) is 0 Å². The second kappa shape index (κ2) is 5.25. The maximum Gasteiger partial charge on any atom is 0.209 e. The average Bonchev–Trinajstić information content (AvgIpc) is 2.78. The summed E-state index contributed by atoms with van der Waals surface area (Å²) in [6.45, 7) is 3.58. The lowest BCUT2D eigenvalue weighted by Crippen LogP contribution is -2.30. The summed E-state index contributed by atoms with van der Waals surface area (Å²) in [5.74, 6) is 0.0886. The summed E-state index contributed by atoms with van der Waals surface area (Å²) >= 11 is 0. The Kier molecular flexibility index (Phi) is 3.72. The Morgan fingerprint density at radius 1 is 1.62 bits per heavy atom. The van der Waals surface area contributed by atoms with E-state index in [0.717, 1.165) is 32.2 Å². The SMILES string of the molecule is CCCn1nccc1C(=O)C1CCCCO1. The van der Waals surface area contributed by atoms with Crippen molar-refractivity contribution in [2.24, 2.45) is 0 Å². The van der Waals surface area contributed by atoms with E-state index in [0.29, 0.717) is 12.3 Å². The van der Waals surface area contributed by atoms with Crippen LogP contribution in [0, 0.1) is 0 Å². The topological polar surface area (TPSA) is 44.1 Å². The molecule has 1 aromatic rings. The number of Topliss-reactive ketones (excluding diaryl/α,β-unsaturated/α-hetero) is 1. The summed E-state index contributed by atoms with van der Waals surface area (Å²) in [5, 5.41) is 4.16. The van der Waals surface area contributed by atoms with Gasteiger partial charge in [0.2, 0.25) is 5.78 Å². The molecule has 1 aliphatic rings. The largest absolute Gasteiger partial charge is 0.370 e. The highest BCUT2D eigenvalue weighted by Crippen LogP contribution is 2.17. The first-order valence-corrected chi connectivity index (χ1v) is 6.00. The lowest BCUT2D eigenvalue weighted by Gasteiger charge is -2.21. The highest BCUT2D eigenvalue weighted by atomic mass is 16.5. The standard InChI is InChI=1S/C12H18N2O2/c1-2-8-14-10(6-7-13-14)12(15)11-5-3-4-9-16-11/h6-7,11H,2-5,8-9H2,1H3. The third-order valence-electron chi connectivity index (χ3n) is 2.88. The molecule has 1 unspecified atom stereocenters. The number of aryl methyl sites for hydroxylation is 1. The molecular weight excluding hydrogens is 204 g/mol. The summed E-state index contributed by atoms with van der Waals surface area (Å²) < 4.78 is 7.28. The average molecular weight is 222 g/mol. The molecule has 2 heterocycles. The number of aromatic nitrogens is 2. The Hall–Kier alpha value is -1.16.